The molecule has 1 rings (SSSR count). The lowest BCUT2D eigenvalue weighted by molar-refractivity contribution is -0.137. The van der Waals surface area contributed by atoms with Crippen LogP contribution in [0.15, 0.2) is 18.2 Å². The summed E-state index contributed by atoms with van der Waals surface area (Å²) >= 11 is 5.81. The minimum Gasteiger partial charge on any atom is -0.370 e. The van der Waals surface area contributed by atoms with Crippen molar-refractivity contribution in [2.24, 2.45) is 0 Å². The van der Waals surface area contributed by atoms with E-state index in [-0.39, 0.29) is 16.8 Å². The summed E-state index contributed by atoms with van der Waals surface area (Å²) in [5.41, 5.74) is -0.553. The standard InChI is InChI=1S/C12H11ClF3N/c1-3-9(4-2)17-11-7-8(12(14,15)16)5-6-10(11)13/h1,5-7,9,17H,4H2,2H3. The van der Waals surface area contributed by atoms with Crippen molar-refractivity contribution in [3.8, 4) is 12.3 Å². The van der Waals surface area contributed by atoms with E-state index in [1.807, 2.05) is 6.92 Å². The summed E-state index contributed by atoms with van der Waals surface area (Å²) in [6, 6.07) is 2.76. The third-order valence-electron chi connectivity index (χ3n) is 2.23. The summed E-state index contributed by atoms with van der Waals surface area (Å²) in [5, 5.41) is 3.01. The van der Waals surface area contributed by atoms with Crippen LogP contribution >= 0.6 is 11.6 Å². The van der Waals surface area contributed by atoms with Crippen molar-refractivity contribution in [2.75, 3.05) is 5.32 Å². The average Bonchev–Trinajstić information content (AvgIpc) is 2.26. The third-order valence-corrected chi connectivity index (χ3v) is 2.56. The second-order valence-electron chi connectivity index (χ2n) is 3.46. The van der Waals surface area contributed by atoms with Crippen molar-refractivity contribution < 1.29 is 13.2 Å². The lowest BCUT2D eigenvalue weighted by Crippen LogP contribution is -2.16. The molecule has 1 aromatic rings. The molecule has 0 aromatic heterocycles. The van der Waals surface area contributed by atoms with Crippen LogP contribution in [0.5, 0.6) is 0 Å². The zero-order valence-corrected chi connectivity index (χ0v) is 9.86. The van der Waals surface area contributed by atoms with Gasteiger partial charge in [-0.3, -0.25) is 0 Å². The number of rotatable bonds is 3. The van der Waals surface area contributed by atoms with Gasteiger partial charge in [-0.05, 0) is 24.6 Å². The normalized spacial score (nSPS) is 12.9. The number of benzene rings is 1. The van der Waals surface area contributed by atoms with Crippen LogP contribution in [0.25, 0.3) is 0 Å². The average molecular weight is 262 g/mol. The van der Waals surface area contributed by atoms with Gasteiger partial charge in [0.1, 0.15) is 0 Å². The maximum Gasteiger partial charge on any atom is 0.416 e. The Hall–Kier alpha value is -1.34. The minimum absolute atomic E-state index is 0.200. The van der Waals surface area contributed by atoms with Gasteiger partial charge >= 0.3 is 6.18 Å². The van der Waals surface area contributed by atoms with Gasteiger partial charge in [0.05, 0.1) is 22.3 Å². The van der Waals surface area contributed by atoms with Gasteiger partial charge < -0.3 is 5.32 Å². The molecule has 0 spiro atoms. The summed E-state index contributed by atoms with van der Waals surface area (Å²) in [4.78, 5) is 0. The van der Waals surface area contributed by atoms with Crippen LogP contribution in [0.2, 0.25) is 5.02 Å². The van der Waals surface area contributed by atoms with Gasteiger partial charge in [-0.1, -0.05) is 24.4 Å². The maximum atomic E-state index is 12.5. The highest BCUT2D eigenvalue weighted by atomic mass is 35.5. The van der Waals surface area contributed by atoms with E-state index in [2.05, 4.69) is 11.2 Å². The predicted molar refractivity (Wildman–Crippen MR) is 63.0 cm³/mol. The van der Waals surface area contributed by atoms with E-state index in [4.69, 9.17) is 18.0 Å². The third kappa shape index (κ3) is 3.57. The van der Waals surface area contributed by atoms with Gasteiger partial charge in [0, 0.05) is 0 Å². The quantitative estimate of drug-likeness (QED) is 0.805. The SMILES string of the molecule is C#CC(CC)Nc1cc(C(F)(F)F)ccc1Cl. The fraction of sp³-hybridized carbons (Fsp3) is 0.333. The van der Waals surface area contributed by atoms with Gasteiger partial charge in [0.2, 0.25) is 0 Å². The first-order valence-electron chi connectivity index (χ1n) is 4.98. The van der Waals surface area contributed by atoms with Gasteiger partial charge in [0.25, 0.3) is 0 Å². The zero-order chi connectivity index (χ0) is 13.1. The second kappa shape index (κ2) is 5.33. The molecule has 92 valence electrons. The van der Waals surface area contributed by atoms with Crippen molar-refractivity contribution in [3.63, 3.8) is 0 Å². The molecule has 0 aliphatic heterocycles. The molecule has 1 unspecified atom stereocenters. The van der Waals surface area contributed by atoms with E-state index in [0.717, 1.165) is 12.1 Å². The largest absolute Gasteiger partial charge is 0.416 e. The lowest BCUT2D eigenvalue weighted by atomic mass is 10.1. The highest BCUT2D eigenvalue weighted by molar-refractivity contribution is 6.33. The number of alkyl halides is 3. The summed E-state index contributed by atoms with van der Waals surface area (Å²) < 4.78 is 37.5. The van der Waals surface area contributed by atoms with E-state index < -0.39 is 11.7 Å². The molecule has 0 radical (unpaired) electrons. The zero-order valence-electron chi connectivity index (χ0n) is 9.11. The fourth-order valence-electron chi connectivity index (χ4n) is 1.26. The Morgan fingerprint density at radius 2 is 2.12 bits per heavy atom. The molecule has 0 heterocycles. The van der Waals surface area contributed by atoms with Crippen LogP contribution in [0.4, 0.5) is 18.9 Å². The fourth-order valence-corrected chi connectivity index (χ4v) is 1.43. The van der Waals surface area contributed by atoms with Gasteiger partial charge in [-0.2, -0.15) is 13.2 Å². The summed E-state index contributed by atoms with van der Waals surface area (Å²) in [7, 11) is 0. The second-order valence-corrected chi connectivity index (χ2v) is 3.87. The molecule has 5 heteroatoms. The maximum absolute atomic E-state index is 12.5. The molecule has 1 aromatic carbocycles. The van der Waals surface area contributed by atoms with Crippen molar-refractivity contribution in [1.82, 2.24) is 0 Å². The molecule has 0 amide bonds. The Balaban J connectivity index is 3.04. The molecule has 0 aliphatic carbocycles. The Bertz CT molecular complexity index is 434. The number of anilines is 1. The molecule has 0 bridgehead atoms. The minimum atomic E-state index is -4.39. The lowest BCUT2D eigenvalue weighted by Gasteiger charge is -2.15. The van der Waals surface area contributed by atoms with E-state index in [9.17, 15) is 13.2 Å². The van der Waals surface area contributed by atoms with Crippen LogP contribution in [0.1, 0.15) is 18.9 Å². The van der Waals surface area contributed by atoms with E-state index in [1.165, 1.54) is 6.07 Å². The van der Waals surface area contributed by atoms with Crippen LogP contribution in [-0.4, -0.2) is 6.04 Å². The molecule has 1 atom stereocenters. The van der Waals surface area contributed by atoms with Crippen LogP contribution in [0, 0.1) is 12.3 Å². The smallest absolute Gasteiger partial charge is 0.370 e. The molecule has 0 fully saturated rings. The number of nitrogens with one attached hydrogen (secondary N) is 1. The summed E-state index contributed by atoms with van der Waals surface area (Å²) in [5.74, 6) is 2.43. The molecular formula is C12H11ClF3N. The van der Waals surface area contributed by atoms with Crippen LogP contribution < -0.4 is 5.32 Å². The van der Waals surface area contributed by atoms with Crippen molar-refractivity contribution >= 4 is 17.3 Å². The number of hydrogen-bond donors (Lipinski definition) is 1. The predicted octanol–water partition coefficient (Wildman–Crippen LogP) is 4.18. The first-order valence-corrected chi connectivity index (χ1v) is 5.35. The van der Waals surface area contributed by atoms with Gasteiger partial charge in [0.15, 0.2) is 0 Å². The van der Waals surface area contributed by atoms with Crippen molar-refractivity contribution in [3.05, 3.63) is 28.8 Å². The molecule has 0 saturated heterocycles. The Labute approximate surface area is 103 Å². The summed E-state index contributed by atoms with van der Waals surface area (Å²) in [6.07, 6.45) is 1.44. The first-order chi connectivity index (χ1) is 7.88. The Kier molecular flexibility index (Phi) is 4.30. The molecule has 0 saturated carbocycles. The van der Waals surface area contributed by atoms with E-state index >= 15 is 0 Å². The number of terminal acetylenes is 1. The van der Waals surface area contributed by atoms with Gasteiger partial charge in [-0.15, -0.1) is 6.42 Å². The number of hydrogen-bond acceptors (Lipinski definition) is 1. The van der Waals surface area contributed by atoms with Crippen LogP contribution in [0.3, 0.4) is 0 Å². The van der Waals surface area contributed by atoms with Gasteiger partial charge in [-0.25, -0.2) is 0 Å². The molecule has 1 N–H and O–H groups in total. The first kappa shape index (κ1) is 13.7. The molecule has 17 heavy (non-hydrogen) atoms. The highest BCUT2D eigenvalue weighted by Gasteiger charge is 2.31. The van der Waals surface area contributed by atoms with Crippen molar-refractivity contribution in [1.29, 1.82) is 0 Å². The van der Waals surface area contributed by atoms with E-state index in [0.29, 0.717) is 6.42 Å². The Morgan fingerprint density at radius 3 is 2.59 bits per heavy atom. The van der Waals surface area contributed by atoms with E-state index in [1.54, 1.807) is 0 Å². The summed E-state index contributed by atoms with van der Waals surface area (Å²) in [6.45, 7) is 1.83. The highest BCUT2D eigenvalue weighted by Crippen LogP contribution is 2.34. The monoisotopic (exact) mass is 261 g/mol. The Morgan fingerprint density at radius 1 is 1.47 bits per heavy atom. The number of halogens is 4. The molecule has 1 nitrogen and oxygen atoms in total. The molecule has 0 aliphatic rings. The van der Waals surface area contributed by atoms with Crippen LogP contribution in [-0.2, 0) is 6.18 Å². The van der Waals surface area contributed by atoms with Crippen molar-refractivity contribution in [2.45, 2.75) is 25.6 Å². The molecular weight excluding hydrogens is 251 g/mol. The topological polar surface area (TPSA) is 12.0 Å².